The van der Waals surface area contributed by atoms with Gasteiger partial charge in [0, 0.05) is 5.39 Å². The Labute approximate surface area is 109 Å². The summed E-state index contributed by atoms with van der Waals surface area (Å²) >= 11 is 0. The Bertz CT molecular complexity index is 775. The molecule has 0 atom stereocenters. The maximum absolute atomic E-state index is 11.1. The van der Waals surface area contributed by atoms with Gasteiger partial charge in [0.25, 0.3) is 0 Å². The first-order valence-electron chi connectivity index (χ1n) is 5.93. The van der Waals surface area contributed by atoms with Gasteiger partial charge in [-0.15, -0.1) is 0 Å². The van der Waals surface area contributed by atoms with Crippen LogP contribution in [0.15, 0.2) is 42.6 Å². The number of nitrogens with zero attached hydrogens (tertiary/aromatic N) is 1. The molecular formula is C15H12N2O2. The fraction of sp³-hybridized carbons (Fsp3) is 0.0667. The number of carbonyl (C=O) groups is 1. The molecule has 2 aromatic carbocycles. The third kappa shape index (κ3) is 1.87. The van der Waals surface area contributed by atoms with Gasteiger partial charge in [0.1, 0.15) is 0 Å². The van der Waals surface area contributed by atoms with Crippen molar-refractivity contribution in [2.24, 2.45) is 0 Å². The molecule has 1 aromatic heterocycles. The standard InChI is InChI=1S/C15H12N2O2/c1-9-5-6-13-12(8-16-17-13)14(9)10-3-2-4-11(7-10)15(18)19/h2-8H,1H3,(H,16,17)(H,18,19). The second-order valence-corrected chi connectivity index (χ2v) is 4.47. The van der Waals surface area contributed by atoms with E-state index in [2.05, 4.69) is 10.2 Å². The first-order valence-corrected chi connectivity index (χ1v) is 5.93. The van der Waals surface area contributed by atoms with Crippen LogP contribution in [0.25, 0.3) is 22.0 Å². The van der Waals surface area contributed by atoms with Crippen LogP contribution < -0.4 is 0 Å². The first-order chi connectivity index (χ1) is 9.16. The molecule has 1 heterocycles. The minimum absolute atomic E-state index is 0.289. The van der Waals surface area contributed by atoms with Gasteiger partial charge in [-0.2, -0.15) is 5.10 Å². The van der Waals surface area contributed by atoms with Gasteiger partial charge in [-0.3, -0.25) is 5.10 Å². The quantitative estimate of drug-likeness (QED) is 0.735. The van der Waals surface area contributed by atoms with E-state index in [0.29, 0.717) is 0 Å². The van der Waals surface area contributed by atoms with Gasteiger partial charge in [0.05, 0.1) is 17.3 Å². The van der Waals surface area contributed by atoms with Crippen molar-refractivity contribution >= 4 is 16.9 Å². The minimum atomic E-state index is -0.918. The maximum Gasteiger partial charge on any atom is 0.335 e. The normalized spacial score (nSPS) is 10.8. The molecule has 0 saturated heterocycles. The Morgan fingerprint density at radius 3 is 2.89 bits per heavy atom. The van der Waals surface area contributed by atoms with Crippen LogP contribution in [0.5, 0.6) is 0 Å². The van der Waals surface area contributed by atoms with Crippen LogP contribution in [0.3, 0.4) is 0 Å². The number of H-pyrrole nitrogens is 1. The second-order valence-electron chi connectivity index (χ2n) is 4.47. The zero-order chi connectivity index (χ0) is 13.4. The summed E-state index contributed by atoms with van der Waals surface area (Å²) < 4.78 is 0. The average Bonchev–Trinajstić information content (AvgIpc) is 2.87. The molecule has 0 aliphatic rings. The summed E-state index contributed by atoms with van der Waals surface area (Å²) in [4.78, 5) is 11.1. The molecule has 3 rings (SSSR count). The zero-order valence-electron chi connectivity index (χ0n) is 10.3. The monoisotopic (exact) mass is 252 g/mol. The Balaban J connectivity index is 2.29. The van der Waals surface area contributed by atoms with Crippen molar-refractivity contribution in [3.63, 3.8) is 0 Å². The van der Waals surface area contributed by atoms with E-state index in [-0.39, 0.29) is 5.56 Å². The van der Waals surface area contributed by atoms with Gasteiger partial charge in [0.15, 0.2) is 0 Å². The number of nitrogens with one attached hydrogen (secondary N) is 1. The SMILES string of the molecule is Cc1ccc2[nH]ncc2c1-c1cccc(C(=O)O)c1. The molecule has 0 bridgehead atoms. The van der Waals surface area contributed by atoms with Crippen molar-refractivity contribution < 1.29 is 9.90 Å². The van der Waals surface area contributed by atoms with Crippen molar-refractivity contribution in [1.82, 2.24) is 10.2 Å². The van der Waals surface area contributed by atoms with E-state index in [4.69, 9.17) is 5.11 Å². The third-order valence-corrected chi connectivity index (χ3v) is 3.23. The zero-order valence-corrected chi connectivity index (χ0v) is 10.3. The van der Waals surface area contributed by atoms with Crippen molar-refractivity contribution in [3.8, 4) is 11.1 Å². The average molecular weight is 252 g/mol. The van der Waals surface area contributed by atoms with Crippen LogP contribution in [0.4, 0.5) is 0 Å². The van der Waals surface area contributed by atoms with Crippen molar-refractivity contribution in [2.45, 2.75) is 6.92 Å². The molecule has 0 radical (unpaired) electrons. The van der Waals surface area contributed by atoms with E-state index in [1.807, 2.05) is 25.1 Å². The minimum Gasteiger partial charge on any atom is -0.478 e. The number of aromatic amines is 1. The van der Waals surface area contributed by atoms with Crippen LogP contribution in [0.2, 0.25) is 0 Å². The topological polar surface area (TPSA) is 66.0 Å². The molecule has 4 heteroatoms. The van der Waals surface area contributed by atoms with Gasteiger partial charge >= 0.3 is 5.97 Å². The predicted octanol–water partition coefficient (Wildman–Crippen LogP) is 3.24. The summed E-state index contributed by atoms with van der Waals surface area (Å²) in [6.07, 6.45) is 1.77. The summed E-state index contributed by atoms with van der Waals surface area (Å²) in [5, 5.41) is 17.1. The van der Waals surface area contributed by atoms with Crippen molar-refractivity contribution in [3.05, 3.63) is 53.7 Å². The molecule has 94 valence electrons. The molecule has 0 fully saturated rings. The number of hydrogen-bond donors (Lipinski definition) is 2. The van der Waals surface area contributed by atoms with Gasteiger partial charge in [-0.1, -0.05) is 18.2 Å². The fourth-order valence-electron chi connectivity index (χ4n) is 2.32. The molecule has 2 N–H and O–H groups in total. The highest BCUT2D eigenvalue weighted by atomic mass is 16.4. The Kier molecular flexibility index (Phi) is 2.56. The van der Waals surface area contributed by atoms with Crippen LogP contribution in [0.1, 0.15) is 15.9 Å². The van der Waals surface area contributed by atoms with Crippen LogP contribution in [0, 0.1) is 6.92 Å². The Hall–Kier alpha value is -2.62. The van der Waals surface area contributed by atoms with E-state index in [1.54, 1.807) is 24.4 Å². The van der Waals surface area contributed by atoms with E-state index in [1.165, 1.54) is 0 Å². The summed E-state index contributed by atoms with van der Waals surface area (Å²) in [5.74, 6) is -0.918. The number of aromatic nitrogens is 2. The number of aryl methyl sites for hydroxylation is 1. The number of hydrogen-bond acceptors (Lipinski definition) is 2. The van der Waals surface area contributed by atoms with E-state index < -0.39 is 5.97 Å². The highest BCUT2D eigenvalue weighted by Gasteiger charge is 2.11. The summed E-state index contributed by atoms with van der Waals surface area (Å²) in [6, 6.07) is 10.9. The molecular weight excluding hydrogens is 240 g/mol. The highest BCUT2D eigenvalue weighted by molar-refractivity contribution is 5.97. The fourth-order valence-corrected chi connectivity index (χ4v) is 2.32. The Morgan fingerprint density at radius 1 is 1.26 bits per heavy atom. The molecule has 0 spiro atoms. The van der Waals surface area contributed by atoms with Gasteiger partial charge in [-0.25, -0.2) is 4.79 Å². The molecule has 0 unspecified atom stereocenters. The number of fused-ring (bicyclic) bond motifs is 1. The van der Waals surface area contributed by atoms with Crippen molar-refractivity contribution in [2.75, 3.05) is 0 Å². The number of carboxylic acid groups (broad SMARTS) is 1. The largest absolute Gasteiger partial charge is 0.478 e. The number of aromatic carboxylic acids is 1. The van der Waals surface area contributed by atoms with E-state index in [9.17, 15) is 4.79 Å². The molecule has 19 heavy (non-hydrogen) atoms. The highest BCUT2D eigenvalue weighted by Crippen LogP contribution is 2.31. The molecule has 0 aliphatic carbocycles. The number of rotatable bonds is 2. The molecule has 4 nitrogen and oxygen atoms in total. The van der Waals surface area contributed by atoms with Gasteiger partial charge in [-0.05, 0) is 41.8 Å². The predicted molar refractivity (Wildman–Crippen MR) is 73.2 cm³/mol. The summed E-state index contributed by atoms with van der Waals surface area (Å²) in [6.45, 7) is 2.01. The molecule has 0 saturated carbocycles. The van der Waals surface area contributed by atoms with Crippen LogP contribution in [-0.4, -0.2) is 21.3 Å². The van der Waals surface area contributed by atoms with Crippen LogP contribution >= 0.6 is 0 Å². The smallest absolute Gasteiger partial charge is 0.335 e. The van der Waals surface area contributed by atoms with E-state index >= 15 is 0 Å². The summed E-state index contributed by atoms with van der Waals surface area (Å²) in [5.41, 5.74) is 4.24. The van der Waals surface area contributed by atoms with Crippen LogP contribution in [-0.2, 0) is 0 Å². The second kappa shape index (κ2) is 4.24. The van der Waals surface area contributed by atoms with E-state index in [0.717, 1.165) is 27.6 Å². The first kappa shape index (κ1) is 11.5. The lowest BCUT2D eigenvalue weighted by molar-refractivity contribution is 0.0697. The van der Waals surface area contributed by atoms with Crippen molar-refractivity contribution in [1.29, 1.82) is 0 Å². The lowest BCUT2D eigenvalue weighted by Crippen LogP contribution is -1.96. The lowest BCUT2D eigenvalue weighted by atomic mass is 9.96. The number of carboxylic acids is 1. The third-order valence-electron chi connectivity index (χ3n) is 3.23. The Morgan fingerprint density at radius 2 is 2.11 bits per heavy atom. The molecule has 0 amide bonds. The summed E-state index contributed by atoms with van der Waals surface area (Å²) in [7, 11) is 0. The lowest BCUT2D eigenvalue weighted by Gasteiger charge is -2.08. The molecule has 3 aromatic rings. The number of benzene rings is 2. The maximum atomic E-state index is 11.1. The molecule has 0 aliphatic heterocycles. The van der Waals surface area contributed by atoms with Gasteiger partial charge < -0.3 is 5.11 Å². The van der Waals surface area contributed by atoms with Gasteiger partial charge in [0.2, 0.25) is 0 Å².